The van der Waals surface area contributed by atoms with Crippen LogP contribution in [0.2, 0.25) is 5.02 Å². The van der Waals surface area contributed by atoms with Crippen molar-refractivity contribution in [3.63, 3.8) is 0 Å². The van der Waals surface area contributed by atoms with Crippen molar-refractivity contribution in [2.75, 3.05) is 31.4 Å². The number of benzene rings is 2. The quantitative estimate of drug-likeness (QED) is 0.883. The summed E-state index contributed by atoms with van der Waals surface area (Å²) in [5, 5.41) is 13.9. The highest BCUT2D eigenvalue weighted by Gasteiger charge is 2.10. The lowest BCUT2D eigenvalue weighted by Gasteiger charge is -2.20. The molecule has 21 heavy (non-hydrogen) atoms. The summed E-state index contributed by atoms with van der Waals surface area (Å²) in [6.07, 6.45) is 0. The van der Waals surface area contributed by atoms with E-state index in [4.69, 9.17) is 16.3 Å². The Morgan fingerprint density at radius 3 is 2.67 bits per heavy atom. The molecular weight excluding hydrogens is 288 g/mol. The molecule has 0 aliphatic heterocycles. The summed E-state index contributed by atoms with van der Waals surface area (Å²) in [4.78, 5) is 1.95. The fraction of sp³-hybridized carbons (Fsp3) is 0.250. The molecule has 112 valence electrons. The summed E-state index contributed by atoms with van der Waals surface area (Å²) in [7, 11) is 5.48. The molecule has 0 amide bonds. The average Bonchev–Trinajstić information content (AvgIpc) is 2.46. The van der Waals surface area contributed by atoms with Gasteiger partial charge in [-0.1, -0.05) is 17.7 Å². The third kappa shape index (κ3) is 3.52. The average molecular weight is 307 g/mol. The van der Waals surface area contributed by atoms with E-state index in [0.29, 0.717) is 17.3 Å². The number of hydrogen-bond donors (Lipinski definition) is 2. The first-order valence-electron chi connectivity index (χ1n) is 6.58. The molecule has 2 aromatic carbocycles. The fourth-order valence-electron chi connectivity index (χ4n) is 2.13. The maximum atomic E-state index is 9.91. The second-order valence-corrected chi connectivity index (χ2v) is 5.29. The largest absolute Gasteiger partial charge is 0.508 e. The molecule has 2 aromatic rings. The number of aromatic hydroxyl groups is 1. The highest BCUT2D eigenvalue weighted by Crippen LogP contribution is 2.33. The molecule has 2 N–H and O–H groups in total. The molecule has 0 aliphatic carbocycles. The summed E-state index contributed by atoms with van der Waals surface area (Å²) in [6, 6.07) is 10.9. The standard InChI is InChI=1S/C16H19ClN2O2/c1-19(2)16-13(17)5-4-6-14(16)18-10-11-9-12(21-3)7-8-15(11)20/h4-9,18,20H,10H2,1-3H3. The van der Waals surface area contributed by atoms with E-state index >= 15 is 0 Å². The molecule has 0 saturated heterocycles. The maximum absolute atomic E-state index is 9.91. The number of anilines is 2. The van der Waals surface area contributed by atoms with Gasteiger partial charge >= 0.3 is 0 Å². The van der Waals surface area contributed by atoms with Crippen LogP contribution in [-0.4, -0.2) is 26.3 Å². The minimum atomic E-state index is 0.233. The number of hydrogen-bond acceptors (Lipinski definition) is 4. The number of nitrogens with one attached hydrogen (secondary N) is 1. The van der Waals surface area contributed by atoms with Gasteiger partial charge in [-0.2, -0.15) is 0 Å². The molecule has 0 aromatic heterocycles. The van der Waals surface area contributed by atoms with Crippen molar-refractivity contribution in [3.05, 3.63) is 47.0 Å². The third-order valence-electron chi connectivity index (χ3n) is 3.19. The van der Waals surface area contributed by atoms with E-state index in [1.54, 1.807) is 19.2 Å². The van der Waals surface area contributed by atoms with Crippen molar-refractivity contribution in [2.45, 2.75) is 6.54 Å². The minimum absolute atomic E-state index is 0.233. The number of methoxy groups -OCH3 is 1. The van der Waals surface area contributed by atoms with Gasteiger partial charge < -0.3 is 20.1 Å². The van der Waals surface area contributed by atoms with Crippen LogP contribution in [0.1, 0.15) is 5.56 Å². The van der Waals surface area contributed by atoms with Crippen molar-refractivity contribution in [3.8, 4) is 11.5 Å². The van der Waals surface area contributed by atoms with E-state index in [0.717, 1.165) is 16.9 Å². The van der Waals surface area contributed by atoms with Gasteiger partial charge in [0, 0.05) is 26.2 Å². The Bertz CT molecular complexity index is 630. The Labute approximate surface area is 129 Å². The van der Waals surface area contributed by atoms with E-state index in [2.05, 4.69) is 5.32 Å². The predicted molar refractivity (Wildman–Crippen MR) is 87.8 cm³/mol. The van der Waals surface area contributed by atoms with Crippen LogP contribution < -0.4 is 15.0 Å². The van der Waals surface area contributed by atoms with Gasteiger partial charge in [-0.15, -0.1) is 0 Å². The lowest BCUT2D eigenvalue weighted by Crippen LogP contribution is -2.12. The molecular formula is C16H19ClN2O2. The first kappa shape index (κ1) is 15.3. The molecule has 4 nitrogen and oxygen atoms in total. The van der Waals surface area contributed by atoms with Crippen LogP contribution >= 0.6 is 11.6 Å². The summed E-state index contributed by atoms with van der Waals surface area (Å²) in [5.41, 5.74) is 2.59. The normalized spacial score (nSPS) is 10.3. The lowest BCUT2D eigenvalue weighted by molar-refractivity contribution is 0.411. The zero-order valence-corrected chi connectivity index (χ0v) is 13.1. The molecule has 5 heteroatoms. The van der Waals surface area contributed by atoms with Gasteiger partial charge in [-0.05, 0) is 30.3 Å². The molecule has 0 radical (unpaired) electrons. The van der Waals surface area contributed by atoms with E-state index in [1.165, 1.54) is 0 Å². The number of ether oxygens (including phenoxy) is 1. The van der Waals surface area contributed by atoms with Crippen molar-refractivity contribution in [1.29, 1.82) is 0 Å². The van der Waals surface area contributed by atoms with Crippen LogP contribution in [-0.2, 0) is 6.54 Å². The van der Waals surface area contributed by atoms with E-state index in [1.807, 2.05) is 43.3 Å². The highest BCUT2D eigenvalue weighted by molar-refractivity contribution is 6.34. The Kier molecular flexibility index (Phi) is 4.81. The molecule has 0 spiro atoms. The topological polar surface area (TPSA) is 44.7 Å². The summed E-state index contributed by atoms with van der Waals surface area (Å²) < 4.78 is 5.17. The zero-order chi connectivity index (χ0) is 15.4. The summed E-state index contributed by atoms with van der Waals surface area (Å²) in [6.45, 7) is 0.476. The Balaban J connectivity index is 2.23. The molecule has 0 fully saturated rings. The molecule has 0 aliphatic rings. The highest BCUT2D eigenvalue weighted by atomic mass is 35.5. The molecule has 0 unspecified atom stereocenters. The van der Waals surface area contributed by atoms with Gasteiger partial charge in [0.2, 0.25) is 0 Å². The van der Waals surface area contributed by atoms with Gasteiger partial charge in [0.1, 0.15) is 11.5 Å². The first-order chi connectivity index (χ1) is 10.0. The van der Waals surface area contributed by atoms with E-state index in [-0.39, 0.29) is 5.75 Å². The minimum Gasteiger partial charge on any atom is -0.508 e. The van der Waals surface area contributed by atoms with Crippen LogP contribution in [0.5, 0.6) is 11.5 Å². The van der Waals surface area contributed by atoms with Crippen molar-refractivity contribution >= 4 is 23.0 Å². The van der Waals surface area contributed by atoms with E-state index < -0.39 is 0 Å². The van der Waals surface area contributed by atoms with Crippen molar-refractivity contribution < 1.29 is 9.84 Å². The van der Waals surface area contributed by atoms with Crippen molar-refractivity contribution in [1.82, 2.24) is 0 Å². The van der Waals surface area contributed by atoms with Gasteiger partial charge in [0.05, 0.1) is 23.5 Å². The van der Waals surface area contributed by atoms with Gasteiger partial charge in [-0.25, -0.2) is 0 Å². The predicted octanol–water partition coefficient (Wildman–Crippen LogP) is 3.73. The van der Waals surface area contributed by atoms with Gasteiger partial charge in [0.15, 0.2) is 0 Å². The van der Waals surface area contributed by atoms with Crippen LogP contribution in [0.3, 0.4) is 0 Å². The number of halogens is 1. The third-order valence-corrected chi connectivity index (χ3v) is 3.49. The maximum Gasteiger partial charge on any atom is 0.120 e. The zero-order valence-electron chi connectivity index (χ0n) is 12.4. The molecule has 0 heterocycles. The number of phenolic OH excluding ortho intramolecular Hbond substituents is 1. The van der Waals surface area contributed by atoms with E-state index in [9.17, 15) is 5.11 Å². The molecule has 0 saturated carbocycles. The number of nitrogens with zero attached hydrogens (tertiary/aromatic N) is 1. The lowest BCUT2D eigenvalue weighted by atomic mass is 10.1. The first-order valence-corrected chi connectivity index (χ1v) is 6.96. The smallest absolute Gasteiger partial charge is 0.120 e. The van der Waals surface area contributed by atoms with Crippen LogP contribution in [0.15, 0.2) is 36.4 Å². The Morgan fingerprint density at radius 2 is 2.00 bits per heavy atom. The Hall–Kier alpha value is -2.07. The molecule has 2 rings (SSSR count). The van der Waals surface area contributed by atoms with Crippen LogP contribution in [0.25, 0.3) is 0 Å². The van der Waals surface area contributed by atoms with Crippen LogP contribution in [0, 0.1) is 0 Å². The molecule has 0 bridgehead atoms. The number of phenols is 1. The second kappa shape index (κ2) is 6.59. The fourth-order valence-corrected chi connectivity index (χ4v) is 2.48. The van der Waals surface area contributed by atoms with Crippen LogP contribution in [0.4, 0.5) is 11.4 Å². The Morgan fingerprint density at radius 1 is 1.24 bits per heavy atom. The van der Waals surface area contributed by atoms with Crippen molar-refractivity contribution in [2.24, 2.45) is 0 Å². The van der Waals surface area contributed by atoms with Gasteiger partial charge in [0.25, 0.3) is 0 Å². The SMILES string of the molecule is COc1ccc(O)c(CNc2cccc(Cl)c2N(C)C)c1. The summed E-state index contributed by atoms with van der Waals surface area (Å²) >= 11 is 6.23. The number of para-hydroxylation sites is 1. The monoisotopic (exact) mass is 306 g/mol. The number of rotatable bonds is 5. The van der Waals surface area contributed by atoms with Gasteiger partial charge in [-0.3, -0.25) is 0 Å². The second-order valence-electron chi connectivity index (χ2n) is 4.88. The summed E-state index contributed by atoms with van der Waals surface area (Å²) in [5.74, 6) is 0.945. The molecule has 0 atom stereocenters.